The standard InChI is InChI=1S/C16H27N3/c1-5-17-10-14-8-15(12(2)3)18-16(9-14)19(4)11-13-6-7-13/h8-9,12-13,17H,5-7,10-11H2,1-4H3. The van der Waals surface area contributed by atoms with Crippen molar-refractivity contribution in [1.82, 2.24) is 10.3 Å². The minimum Gasteiger partial charge on any atom is -0.359 e. The molecular weight excluding hydrogens is 234 g/mol. The number of rotatable bonds is 7. The van der Waals surface area contributed by atoms with Crippen molar-refractivity contribution in [2.75, 3.05) is 25.0 Å². The van der Waals surface area contributed by atoms with E-state index < -0.39 is 0 Å². The lowest BCUT2D eigenvalue weighted by molar-refractivity contribution is 0.715. The van der Waals surface area contributed by atoms with Crippen molar-refractivity contribution in [3.63, 3.8) is 0 Å². The fourth-order valence-corrected chi connectivity index (χ4v) is 2.24. The molecule has 1 aromatic rings. The molecule has 3 heteroatoms. The van der Waals surface area contributed by atoms with Gasteiger partial charge in [0.1, 0.15) is 5.82 Å². The summed E-state index contributed by atoms with van der Waals surface area (Å²) in [5.74, 6) is 2.51. The molecule has 0 saturated heterocycles. The average Bonchev–Trinajstić information content (AvgIpc) is 3.19. The molecule has 1 aliphatic carbocycles. The molecule has 0 aromatic carbocycles. The van der Waals surface area contributed by atoms with Crippen LogP contribution in [0.4, 0.5) is 5.82 Å². The summed E-state index contributed by atoms with van der Waals surface area (Å²) in [6.45, 7) is 9.66. The molecule has 0 atom stereocenters. The number of nitrogens with one attached hydrogen (secondary N) is 1. The van der Waals surface area contributed by atoms with Crippen LogP contribution >= 0.6 is 0 Å². The van der Waals surface area contributed by atoms with Gasteiger partial charge in [0.05, 0.1) is 0 Å². The van der Waals surface area contributed by atoms with Crippen LogP contribution in [0.2, 0.25) is 0 Å². The summed E-state index contributed by atoms with van der Waals surface area (Å²) in [5, 5.41) is 3.40. The van der Waals surface area contributed by atoms with Crippen molar-refractivity contribution in [2.24, 2.45) is 5.92 Å². The van der Waals surface area contributed by atoms with Gasteiger partial charge in [0.25, 0.3) is 0 Å². The summed E-state index contributed by atoms with van der Waals surface area (Å²) >= 11 is 0. The van der Waals surface area contributed by atoms with Gasteiger partial charge in [0, 0.05) is 25.8 Å². The lowest BCUT2D eigenvalue weighted by Gasteiger charge is -2.20. The Hall–Kier alpha value is -1.09. The molecule has 0 amide bonds. The van der Waals surface area contributed by atoms with Gasteiger partial charge in [0.15, 0.2) is 0 Å². The van der Waals surface area contributed by atoms with Crippen molar-refractivity contribution in [2.45, 2.75) is 46.1 Å². The molecule has 1 aliphatic rings. The van der Waals surface area contributed by atoms with Crippen LogP contribution in [0, 0.1) is 5.92 Å². The quantitative estimate of drug-likeness (QED) is 0.817. The molecule has 19 heavy (non-hydrogen) atoms. The van der Waals surface area contributed by atoms with E-state index in [0.29, 0.717) is 5.92 Å². The normalized spacial score (nSPS) is 15.0. The van der Waals surface area contributed by atoms with Crippen LogP contribution in [0.5, 0.6) is 0 Å². The highest BCUT2D eigenvalue weighted by Crippen LogP contribution is 2.31. The summed E-state index contributed by atoms with van der Waals surface area (Å²) < 4.78 is 0. The molecule has 1 heterocycles. The molecule has 0 aliphatic heterocycles. The molecule has 0 unspecified atom stereocenters. The van der Waals surface area contributed by atoms with Gasteiger partial charge in [-0.2, -0.15) is 0 Å². The molecular formula is C16H27N3. The van der Waals surface area contributed by atoms with Gasteiger partial charge >= 0.3 is 0 Å². The third-order valence-corrected chi connectivity index (χ3v) is 3.68. The second-order valence-electron chi connectivity index (χ2n) is 6.02. The lowest BCUT2D eigenvalue weighted by atomic mass is 10.1. The predicted molar refractivity (Wildman–Crippen MR) is 81.7 cm³/mol. The van der Waals surface area contributed by atoms with Gasteiger partial charge in [-0.15, -0.1) is 0 Å². The van der Waals surface area contributed by atoms with E-state index in [-0.39, 0.29) is 0 Å². The Bertz CT molecular complexity index is 410. The van der Waals surface area contributed by atoms with Crippen LogP contribution in [-0.4, -0.2) is 25.1 Å². The fraction of sp³-hybridized carbons (Fsp3) is 0.688. The summed E-state index contributed by atoms with van der Waals surface area (Å²) in [6, 6.07) is 4.47. The second kappa shape index (κ2) is 6.38. The topological polar surface area (TPSA) is 28.2 Å². The van der Waals surface area contributed by atoms with Gasteiger partial charge in [-0.1, -0.05) is 20.8 Å². The smallest absolute Gasteiger partial charge is 0.128 e. The minimum absolute atomic E-state index is 0.481. The SMILES string of the molecule is CCNCc1cc(C(C)C)nc(N(C)CC2CC2)c1. The van der Waals surface area contributed by atoms with Gasteiger partial charge < -0.3 is 10.2 Å². The van der Waals surface area contributed by atoms with E-state index >= 15 is 0 Å². The van der Waals surface area contributed by atoms with Crippen molar-refractivity contribution in [3.8, 4) is 0 Å². The largest absolute Gasteiger partial charge is 0.359 e. The molecule has 1 fully saturated rings. The first-order valence-corrected chi connectivity index (χ1v) is 7.52. The van der Waals surface area contributed by atoms with E-state index in [9.17, 15) is 0 Å². The monoisotopic (exact) mass is 261 g/mol. The Kier molecular flexibility index (Phi) is 4.81. The number of hydrogen-bond acceptors (Lipinski definition) is 3. The maximum atomic E-state index is 4.82. The van der Waals surface area contributed by atoms with E-state index in [1.165, 1.54) is 24.1 Å². The van der Waals surface area contributed by atoms with Gasteiger partial charge in [-0.05, 0) is 48.9 Å². The van der Waals surface area contributed by atoms with Crippen LogP contribution in [0.25, 0.3) is 0 Å². The van der Waals surface area contributed by atoms with Gasteiger partial charge in [-0.25, -0.2) is 4.98 Å². The molecule has 3 nitrogen and oxygen atoms in total. The Labute approximate surface area is 117 Å². The highest BCUT2D eigenvalue weighted by molar-refractivity contribution is 5.43. The van der Waals surface area contributed by atoms with Crippen LogP contribution in [0.15, 0.2) is 12.1 Å². The maximum absolute atomic E-state index is 4.82. The molecule has 1 saturated carbocycles. The predicted octanol–water partition coefficient (Wildman–Crippen LogP) is 3.16. The molecule has 106 valence electrons. The highest BCUT2D eigenvalue weighted by Gasteiger charge is 2.23. The van der Waals surface area contributed by atoms with Crippen LogP contribution in [0.1, 0.15) is 50.8 Å². The number of hydrogen-bond donors (Lipinski definition) is 1. The highest BCUT2D eigenvalue weighted by atomic mass is 15.2. The zero-order valence-electron chi connectivity index (χ0n) is 12.7. The number of aromatic nitrogens is 1. The van der Waals surface area contributed by atoms with Crippen molar-refractivity contribution >= 4 is 5.82 Å². The maximum Gasteiger partial charge on any atom is 0.128 e. The third kappa shape index (κ3) is 4.20. The molecule has 2 rings (SSSR count). The van der Waals surface area contributed by atoms with Crippen LogP contribution in [0.3, 0.4) is 0 Å². The van der Waals surface area contributed by atoms with Crippen molar-refractivity contribution in [1.29, 1.82) is 0 Å². The first-order valence-electron chi connectivity index (χ1n) is 7.52. The Morgan fingerprint density at radius 3 is 2.68 bits per heavy atom. The zero-order valence-corrected chi connectivity index (χ0v) is 12.7. The minimum atomic E-state index is 0.481. The van der Waals surface area contributed by atoms with Crippen molar-refractivity contribution < 1.29 is 0 Å². The third-order valence-electron chi connectivity index (χ3n) is 3.68. The first kappa shape index (κ1) is 14.3. The Balaban J connectivity index is 2.16. The van der Waals surface area contributed by atoms with E-state index in [2.05, 4.69) is 50.2 Å². The van der Waals surface area contributed by atoms with Crippen LogP contribution < -0.4 is 10.2 Å². The summed E-state index contributed by atoms with van der Waals surface area (Å²) in [4.78, 5) is 7.14. The van der Waals surface area contributed by atoms with Gasteiger partial charge in [-0.3, -0.25) is 0 Å². The molecule has 0 spiro atoms. The lowest BCUT2D eigenvalue weighted by Crippen LogP contribution is -2.22. The average molecular weight is 261 g/mol. The van der Waals surface area contributed by atoms with E-state index in [1.807, 2.05) is 0 Å². The van der Waals surface area contributed by atoms with E-state index in [0.717, 1.165) is 31.4 Å². The Morgan fingerprint density at radius 2 is 2.11 bits per heavy atom. The number of nitrogens with zero attached hydrogens (tertiary/aromatic N) is 2. The first-order chi connectivity index (χ1) is 9.10. The second-order valence-corrected chi connectivity index (χ2v) is 6.02. The molecule has 1 aromatic heterocycles. The molecule has 0 bridgehead atoms. The molecule has 0 radical (unpaired) electrons. The number of pyridine rings is 1. The Morgan fingerprint density at radius 1 is 1.37 bits per heavy atom. The summed E-state index contributed by atoms with van der Waals surface area (Å²) in [5.41, 5.74) is 2.55. The fourth-order valence-electron chi connectivity index (χ4n) is 2.24. The molecule has 1 N–H and O–H groups in total. The van der Waals surface area contributed by atoms with E-state index in [4.69, 9.17) is 4.98 Å². The van der Waals surface area contributed by atoms with Crippen LogP contribution in [-0.2, 0) is 6.54 Å². The van der Waals surface area contributed by atoms with Gasteiger partial charge in [0.2, 0.25) is 0 Å². The zero-order chi connectivity index (χ0) is 13.8. The summed E-state index contributed by atoms with van der Waals surface area (Å²) in [6.07, 6.45) is 2.77. The number of anilines is 1. The summed E-state index contributed by atoms with van der Waals surface area (Å²) in [7, 11) is 2.17. The van der Waals surface area contributed by atoms with E-state index in [1.54, 1.807) is 0 Å². The van der Waals surface area contributed by atoms with Crippen molar-refractivity contribution in [3.05, 3.63) is 23.4 Å².